The van der Waals surface area contributed by atoms with Crippen molar-refractivity contribution in [2.24, 2.45) is 4.99 Å². The molecule has 1 aromatic rings. The zero-order chi connectivity index (χ0) is 13.3. The standard InChI is InChI=1S/C12H8ClNO4/c13-6-1-2-9-7(3-6)8(5-14-9)10(15)4-11(16)12(17)18/h1-5,8,16H,(H,17,18)/b11-4-. The van der Waals surface area contributed by atoms with E-state index in [4.69, 9.17) is 21.8 Å². The highest BCUT2D eigenvalue weighted by Gasteiger charge is 2.25. The molecule has 92 valence electrons. The molecule has 1 aromatic carbocycles. The van der Waals surface area contributed by atoms with Crippen LogP contribution in [0.25, 0.3) is 0 Å². The Morgan fingerprint density at radius 3 is 2.72 bits per heavy atom. The van der Waals surface area contributed by atoms with Crippen LogP contribution in [0.1, 0.15) is 11.5 Å². The van der Waals surface area contributed by atoms with Gasteiger partial charge in [-0.15, -0.1) is 0 Å². The molecule has 1 aliphatic rings. The molecule has 0 radical (unpaired) electrons. The van der Waals surface area contributed by atoms with Gasteiger partial charge in [-0.25, -0.2) is 4.79 Å². The molecule has 0 amide bonds. The predicted molar refractivity (Wildman–Crippen MR) is 65.7 cm³/mol. The quantitative estimate of drug-likeness (QED) is 0.648. The highest BCUT2D eigenvalue weighted by molar-refractivity contribution is 6.31. The van der Waals surface area contributed by atoms with E-state index in [1.165, 1.54) is 6.21 Å². The van der Waals surface area contributed by atoms with Crippen molar-refractivity contribution in [1.82, 2.24) is 0 Å². The van der Waals surface area contributed by atoms with Crippen LogP contribution >= 0.6 is 11.6 Å². The van der Waals surface area contributed by atoms with E-state index >= 15 is 0 Å². The number of aliphatic hydroxyl groups excluding tert-OH is 1. The van der Waals surface area contributed by atoms with Crippen molar-refractivity contribution in [3.63, 3.8) is 0 Å². The van der Waals surface area contributed by atoms with Crippen LogP contribution in [0.2, 0.25) is 5.02 Å². The maximum Gasteiger partial charge on any atom is 0.371 e. The van der Waals surface area contributed by atoms with Crippen LogP contribution in [-0.2, 0) is 9.59 Å². The minimum absolute atomic E-state index is 0.462. The highest BCUT2D eigenvalue weighted by atomic mass is 35.5. The third-order valence-electron chi connectivity index (χ3n) is 2.49. The molecule has 0 aliphatic carbocycles. The Morgan fingerprint density at radius 2 is 2.06 bits per heavy atom. The fourth-order valence-corrected chi connectivity index (χ4v) is 1.82. The Balaban J connectivity index is 2.32. The predicted octanol–water partition coefficient (Wildman–Crippen LogP) is 2.24. The number of hydrogen-bond acceptors (Lipinski definition) is 4. The van der Waals surface area contributed by atoms with Crippen LogP contribution in [0, 0.1) is 0 Å². The van der Waals surface area contributed by atoms with Gasteiger partial charge in [-0.2, -0.15) is 0 Å². The van der Waals surface area contributed by atoms with Crippen LogP contribution in [0.15, 0.2) is 35.0 Å². The molecule has 0 aromatic heterocycles. The van der Waals surface area contributed by atoms with Gasteiger partial charge in [0.1, 0.15) is 0 Å². The zero-order valence-electron chi connectivity index (χ0n) is 9.00. The Kier molecular flexibility index (Phi) is 3.16. The fourth-order valence-electron chi connectivity index (χ4n) is 1.64. The number of carboxylic acid groups (broad SMARTS) is 1. The molecule has 0 saturated heterocycles. The summed E-state index contributed by atoms with van der Waals surface area (Å²) in [5.41, 5.74) is 1.21. The molecule has 0 saturated carbocycles. The molecular formula is C12H8ClNO4. The van der Waals surface area contributed by atoms with Crippen molar-refractivity contribution in [3.05, 3.63) is 40.6 Å². The van der Waals surface area contributed by atoms with E-state index in [9.17, 15) is 9.59 Å². The molecule has 0 bridgehead atoms. The number of carbonyl (C=O) groups is 2. The van der Waals surface area contributed by atoms with Gasteiger partial charge in [0.05, 0.1) is 11.6 Å². The summed E-state index contributed by atoms with van der Waals surface area (Å²) in [4.78, 5) is 26.3. The van der Waals surface area contributed by atoms with Gasteiger partial charge in [0.15, 0.2) is 5.78 Å². The fraction of sp³-hybridized carbons (Fsp3) is 0.0833. The van der Waals surface area contributed by atoms with E-state index in [1.54, 1.807) is 18.2 Å². The molecule has 0 spiro atoms. The van der Waals surface area contributed by atoms with E-state index in [2.05, 4.69) is 4.99 Å². The normalized spacial score (nSPS) is 17.6. The van der Waals surface area contributed by atoms with Crippen molar-refractivity contribution >= 4 is 35.3 Å². The van der Waals surface area contributed by atoms with Crippen molar-refractivity contribution in [2.75, 3.05) is 0 Å². The molecule has 2 rings (SSSR count). The Bertz CT molecular complexity index is 592. The zero-order valence-corrected chi connectivity index (χ0v) is 9.76. The Morgan fingerprint density at radius 1 is 1.33 bits per heavy atom. The van der Waals surface area contributed by atoms with Crippen LogP contribution < -0.4 is 0 Å². The number of nitrogens with zero attached hydrogens (tertiary/aromatic N) is 1. The monoisotopic (exact) mass is 265 g/mol. The second-order valence-corrected chi connectivity index (χ2v) is 4.13. The van der Waals surface area contributed by atoms with Gasteiger partial charge in [0.2, 0.25) is 5.76 Å². The van der Waals surface area contributed by atoms with Gasteiger partial charge < -0.3 is 10.2 Å². The number of ketones is 1. The maximum atomic E-state index is 11.8. The number of hydrogen-bond donors (Lipinski definition) is 2. The van der Waals surface area contributed by atoms with Crippen molar-refractivity contribution in [1.29, 1.82) is 0 Å². The Labute approximate surface area is 107 Å². The molecule has 1 atom stereocenters. The minimum atomic E-state index is -1.55. The minimum Gasteiger partial charge on any atom is -0.502 e. The van der Waals surface area contributed by atoms with Gasteiger partial charge in [-0.05, 0) is 23.8 Å². The number of aliphatic imine (C=N–C) groups is 1. The maximum absolute atomic E-state index is 11.8. The summed E-state index contributed by atoms with van der Waals surface area (Å²) in [5, 5.41) is 18.0. The number of rotatable bonds is 3. The van der Waals surface area contributed by atoms with E-state index in [0.717, 1.165) is 0 Å². The lowest BCUT2D eigenvalue weighted by Crippen LogP contribution is -2.11. The van der Waals surface area contributed by atoms with Crippen LogP contribution in [0.3, 0.4) is 0 Å². The van der Waals surface area contributed by atoms with Crippen molar-refractivity contribution in [2.45, 2.75) is 5.92 Å². The number of halogens is 1. The van der Waals surface area contributed by atoms with Gasteiger partial charge >= 0.3 is 5.97 Å². The van der Waals surface area contributed by atoms with Crippen LogP contribution in [-0.4, -0.2) is 28.2 Å². The topological polar surface area (TPSA) is 87.0 Å². The lowest BCUT2D eigenvalue weighted by molar-refractivity contribution is -0.135. The van der Waals surface area contributed by atoms with E-state index in [-0.39, 0.29) is 0 Å². The van der Waals surface area contributed by atoms with Gasteiger partial charge in [-0.1, -0.05) is 11.6 Å². The first-order chi connectivity index (χ1) is 8.49. The van der Waals surface area contributed by atoms with E-state index < -0.39 is 23.4 Å². The van der Waals surface area contributed by atoms with Gasteiger partial charge in [0, 0.05) is 17.3 Å². The first-order valence-electron chi connectivity index (χ1n) is 5.00. The Hall–Kier alpha value is -2.14. The molecule has 18 heavy (non-hydrogen) atoms. The average Bonchev–Trinajstić information content (AvgIpc) is 2.71. The number of allylic oxidation sites excluding steroid dienone is 1. The van der Waals surface area contributed by atoms with Crippen LogP contribution in [0.5, 0.6) is 0 Å². The highest BCUT2D eigenvalue weighted by Crippen LogP contribution is 2.34. The van der Waals surface area contributed by atoms with E-state index in [1.807, 2.05) is 0 Å². The third kappa shape index (κ3) is 2.26. The lowest BCUT2D eigenvalue weighted by atomic mass is 9.96. The molecule has 1 heterocycles. The SMILES string of the molecule is O=C(O)/C(O)=C/C(=O)C1C=Nc2ccc(Cl)cc21. The van der Waals surface area contributed by atoms with Crippen molar-refractivity contribution in [3.8, 4) is 0 Å². The van der Waals surface area contributed by atoms with Gasteiger partial charge in [-0.3, -0.25) is 9.79 Å². The first kappa shape index (κ1) is 12.3. The first-order valence-corrected chi connectivity index (χ1v) is 5.38. The third-order valence-corrected chi connectivity index (χ3v) is 2.73. The second kappa shape index (κ2) is 4.62. The molecular weight excluding hydrogens is 258 g/mol. The summed E-state index contributed by atoms with van der Waals surface area (Å²) < 4.78 is 0. The molecule has 1 unspecified atom stereocenters. The van der Waals surface area contributed by atoms with Gasteiger partial charge in [0.25, 0.3) is 0 Å². The smallest absolute Gasteiger partial charge is 0.371 e. The number of aliphatic carboxylic acids is 1. The lowest BCUT2D eigenvalue weighted by Gasteiger charge is -2.05. The summed E-state index contributed by atoms with van der Waals surface area (Å²) in [6, 6.07) is 4.91. The molecule has 5 nitrogen and oxygen atoms in total. The van der Waals surface area contributed by atoms with E-state index in [0.29, 0.717) is 22.3 Å². The number of benzene rings is 1. The number of aliphatic hydroxyl groups is 1. The number of carboxylic acids is 1. The summed E-state index contributed by atoms with van der Waals surface area (Å²) in [6.45, 7) is 0. The number of fused-ring (bicyclic) bond motifs is 1. The number of carbonyl (C=O) groups excluding carboxylic acids is 1. The second-order valence-electron chi connectivity index (χ2n) is 3.70. The molecule has 0 fully saturated rings. The molecule has 1 aliphatic heterocycles. The summed E-state index contributed by atoms with van der Waals surface area (Å²) >= 11 is 5.82. The van der Waals surface area contributed by atoms with Crippen molar-refractivity contribution < 1.29 is 19.8 Å². The summed E-state index contributed by atoms with van der Waals surface area (Å²) in [7, 11) is 0. The molecule has 2 N–H and O–H groups in total. The summed E-state index contributed by atoms with van der Waals surface area (Å²) in [5.74, 6) is -3.81. The average molecular weight is 266 g/mol. The largest absolute Gasteiger partial charge is 0.502 e. The molecule has 6 heteroatoms. The van der Waals surface area contributed by atoms with Crippen LogP contribution in [0.4, 0.5) is 5.69 Å². The summed E-state index contributed by atoms with van der Waals surface area (Å²) in [6.07, 6.45) is 2.07.